The number of aliphatic hydroxyl groups excluding tert-OH is 2. The Labute approximate surface area is 494 Å². The van der Waals surface area contributed by atoms with Gasteiger partial charge in [-0.05, 0) is 75.2 Å². The first kappa shape index (κ1) is 67.1. The van der Waals surface area contributed by atoms with Crippen LogP contribution in [0.2, 0.25) is 0 Å². The lowest BCUT2D eigenvalue weighted by Gasteiger charge is -2.43. The predicted octanol–water partition coefficient (Wildman–Crippen LogP) is 1.41. The molecule has 0 spiro atoms. The SMILES string of the molecule is COc1cccc2c1C(=O)c1c(O)c3c(c(O)c1C2=O)C[C@@](O)(C(=O)CO)C[C@@H]3O[C@H]1C[C@H](NC(=O)[C@H](CC(C)C)NC(=O)[C@H](CC(C)C)NC(=O)[C@H](CC(C)C)NC(=O)CNC(=O)[C@H](CC(C)C)NC(=O)[C@@H]2CCCN2C(C)=O)[C@H](O)[C@H](C)O1. The number of Topliss-reactive ketones (excluding diaryl/α,β-unsaturated/α-hetero) is 1. The molecule has 2 heterocycles. The summed E-state index contributed by atoms with van der Waals surface area (Å²) in [5, 5.41) is 73.4. The van der Waals surface area contributed by atoms with Crippen LogP contribution in [0, 0.1) is 23.7 Å². The summed E-state index contributed by atoms with van der Waals surface area (Å²) in [6.45, 7) is 16.2. The number of nitrogens with zero attached hydrogens (tertiary/aromatic N) is 1. The van der Waals surface area contributed by atoms with Crippen LogP contribution in [0.1, 0.15) is 170 Å². The number of rotatable bonds is 25. The van der Waals surface area contributed by atoms with E-state index in [2.05, 4.69) is 31.9 Å². The highest BCUT2D eigenvalue weighted by molar-refractivity contribution is 6.31. The number of amides is 7. The van der Waals surface area contributed by atoms with Crippen LogP contribution in [-0.4, -0.2) is 176 Å². The third-order valence-corrected chi connectivity index (χ3v) is 15.9. The van der Waals surface area contributed by atoms with Crippen molar-refractivity contribution < 1.29 is 87.7 Å². The number of nitrogens with one attached hydrogen (secondary N) is 6. The average molecular weight is 1190 g/mol. The molecule has 0 saturated carbocycles. The second kappa shape index (κ2) is 28.4. The summed E-state index contributed by atoms with van der Waals surface area (Å²) in [5.74, 6) is -9.26. The van der Waals surface area contributed by atoms with Gasteiger partial charge in [0.2, 0.25) is 47.1 Å². The Morgan fingerprint density at radius 2 is 1.31 bits per heavy atom. The molecule has 468 valence electrons. The van der Waals surface area contributed by atoms with Crippen LogP contribution in [0.15, 0.2) is 18.2 Å². The number of hydrogen-bond acceptors (Lipinski definition) is 18. The lowest BCUT2D eigenvalue weighted by atomic mass is 9.72. The van der Waals surface area contributed by atoms with Gasteiger partial charge in [-0.2, -0.15) is 0 Å². The fourth-order valence-electron chi connectivity index (χ4n) is 11.7. The van der Waals surface area contributed by atoms with E-state index in [4.69, 9.17) is 14.2 Å². The van der Waals surface area contributed by atoms with E-state index >= 15 is 0 Å². The Morgan fingerprint density at radius 1 is 0.753 bits per heavy atom. The number of ketones is 3. The van der Waals surface area contributed by atoms with Gasteiger partial charge in [0.05, 0.1) is 48.6 Å². The Bertz CT molecular complexity index is 2890. The molecule has 85 heavy (non-hydrogen) atoms. The number of methoxy groups -OCH3 is 1. The van der Waals surface area contributed by atoms with Crippen LogP contribution in [0.5, 0.6) is 17.2 Å². The van der Waals surface area contributed by atoms with E-state index < -0.39 is 168 Å². The highest BCUT2D eigenvalue weighted by Gasteiger charge is 2.51. The molecule has 11 atom stereocenters. The Balaban J connectivity index is 1.16. The van der Waals surface area contributed by atoms with E-state index in [0.29, 0.717) is 19.4 Å². The van der Waals surface area contributed by atoms with Crippen molar-refractivity contribution in [3.05, 3.63) is 51.6 Å². The first-order chi connectivity index (χ1) is 39.9. The van der Waals surface area contributed by atoms with Gasteiger partial charge in [-0.3, -0.25) is 47.9 Å². The minimum absolute atomic E-state index is 0.0132. The summed E-state index contributed by atoms with van der Waals surface area (Å²) in [7, 11) is 1.28. The molecule has 2 aromatic carbocycles. The number of aromatic hydroxyl groups is 2. The second-order valence-electron chi connectivity index (χ2n) is 24.5. The normalized spacial score (nSPS) is 23.2. The summed E-state index contributed by atoms with van der Waals surface area (Å²) in [4.78, 5) is 138. The lowest BCUT2D eigenvalue weighted by molar-refractivity contribution is -0.249. The smallest absolute Gasteiger partial charge is 0.243 e. The molecule has 11 N–H and O–H groups in total. The van der Waals surface area contributed by atoms with E-state index in [-0.39, 0.29) is 89.7 Å². The zero-order chi connectivity index (χ0) is 63.1. The first-order valence-electron chi connectivity index (χ1n) is 29.2. The summed E-state index contributed by atoms with van der Waals surface area (Å²) in [6.07, 6.45) is -5.58. The molecule has 6 rings (SSSR count). The van der Waals surface area contributed by atoms with Crippen LogP contribution >= 0.6 is 0 Å². The minimum atomic E-state index is -2.45. The van der Waals surface area contributed by atoms with E-state index in [9.17, 15) is 73.5 Å². The zero-order valence-electron chi connectivity index (χ0n) is 50.3. The fourth-order valence-corrected chi connectivity index (χ4v) is 11.7. The number of carbonyl (C=O) groups is 10. The second-order valence-corrected chi connectivity index (χ2v) is 24.5. The van der Waals surface area contributed by atoms with Gasteiger partial charge in [-0.15, -0.1) is 0 Å². The van der Waals surface area contributed by atoms with Crippen LogP contribution in [0.3, 0.4) is 0 Å². The van der Waals surface area contributed by atoms with Crippen molar-refractivity contribution in [3.63, 3.8) is 0 Å². The number of phenols is 2. The molecule has 0 unspecified atom stereocenters. The third kappa shape index (κ3) is 15.7. The number of benzene rings is 2. The molecule has 0 radical (unpaired) electrons. The van der Waals surface area contributed by atoms with Crippen LogP contribution in [-0.2, 0) is 54.3 Å². The van der Waals surface area contributed by atoms with Crippen LogP contribution in [0.25, 0.3) is 0 Å². The van der Waals surface area contributed by atoms with Gasteiger partial charge < -0.3 is 76.5 Å². The number of aliphatic hydroxyl groups is 3. The number of ether oxygens (including phenoxy) is 3. The van der Waals surface area contributed by atoms with Crippen molar-refractivity contribution in [2.45, 2.75) is 193 Å². The summed E-state index contributed by atoms with van der Waals surface area (Å²) in [5.41, 5.74) is -4.53. The fraction of sp³-hybridized carbons (Fsp3) is 0.633. The van der Waals surface area contributed by atoms with E-state index in [1.807, 2.05) is 55.4 Å². The third-order valence-electron chi connectivity index (χ3n) is 15.9. The van der Waals surface area contributed by atoms with Gasteiger partial charge in [0.1, 0.15) is 65.8 Å². The largest absolute Gasteiger partial charge is 0.507 e. The van der Waals surface area contributed by atoms with Crippen LogP contribution < -0.4 is 36.6 Å². The molecular weight excluding hydrogens is 1110 g/mol. The van der Waals surface area contributed by atoms with Crippen molar-refractivity contribution >= 4 is 58.7 Å². The number of fused-ring (bicyclic) bond motifs is 3. The van der Waals surface area contributed by atoms with Crippen molar-refractivity contribution in [3.8, 4) is 17.2 Å². The molecule has 25 heteroatoms. The summed E-state index contributed by atoms with van der Waals surface area (Å²) >= 11 is 0. The van der Waals surface area contributed by atoms with Crippen molar-refractivity contribution in [2.75, 3.05) is 26.8 Å². The maximum absolute atomic E-state index is 14.4. The van der Waals surface area contributed by atoms with Crippen molar-refractivity contribution in [1.29, 1.82) is 0 Å². The molecule has 2 aromatic rings. The molecule has 4 aliphatic rings. The quantitative estimate of drug-likeness (QED) is 0.0534. The number of phenolic OH excluding ortho intramolecular Hbond substituents is 2. The molecule has 2 aliphatic heterocycles. The van der Waals surface area contributed by atoms with Gasteiger partial charge in [-0.25, -0.2) is 0 Å². The van der Waals surface area contributed by atoms with Crippen molar-refractivity contribution in [1.82, 2.24) is 36.8 Å². The van der Waals surface area contributed by atoms with Crippen molar-refractivity contribution in [2.24, 2.45) is 23.7 Å². The molecule has 0 bridgehead atoms. The molecule has 7 amide bonds. The topological polar surface area (TPSA) is 375 Å². The maximum Gasteiger partial charge on any atom is 0.243 e. The highest BCUT2D eigenvalue weighted by Crippen LogP contribution is 2.52. The van der Waals surface area contributed by atoms with Gasteiger partial charge in [0.15, 0.2) is 17.9 Å². The van der Waals surface area contributed by atoms with E-state index in [1.165, 1.54) is 44.1 Å². The lowest BCUT2D eigenvalue weighted by Crippen LogP contribution is -2.61. The minimum Gasteiger partial charge on any atom is -0.507 e. The number of likely N-dealkylation sites (tertiary alicyclic amines) is 1. The first-order valence-corrected chi connectivity index (χ1v) is 29.2. The van der Waals surface area contributed by atoms with E-state index in [0.717, 1.165) is 0 Å². The molecule has 2 fully saturated rings. The van der Waals surface area contributed by atoms with Gasteiger partial charge in [0.25, 0.3) is 0 Å². The molecule has 0 aromatic heterocycles. The van der Waals surface area contributed by atoms with Crippen LogP contribution in [0.4, 0.5) is 0 Å². The zero-order valence-corrected chi connectivity index (χ0v) is 50.3. The van der Waals surface area contributed by atoms with Gasteiger partial charge >= 0.3 is 0 Å². The molecular formula is C60H85N7O18. The molecule has 2 aliphatic carbocycles. The Hall–Kier alpha value is -7.06. The van der Waals surface area contributed by atoms with Gasteiger partial charge in [0, 0.05) is 49.4 Å². The average Bonchev–Trinajstić information content (AvgIpc) is 1.10. The molecule has 25 nitrogen and oxygen atoms in total. The highest BCUT2D eigenvalue weighted by atomic mass is 16.7. The Kier molecular flexibility index (Phi) is 22.4. The maximum atomic E-state index is 14.4. The van der Waals surface area contributed by atoms with E-state index in [1.54, 1.807) is 0 Å². The standard InChI is InChI=1S/C60H85N7O18/c1-27(2)18-36(66-59(81)40-15-13-17-67(40)32(10)69)55(77)61-25-44(71)62-37(19-28(3)4)56(78)64-39(21-30(7)8)58(80)65-38(20-29(5)6)57(79)63-35-22-45(84-31(9)50(35)72)85-42-24-60(82,43(70)26-68)23-34-47(42)54(76)49-48(52(34)74)51(73)33-14-12-16-41(83-11)46(33)53(49)75/h12,14,16,27-31,35-40,42,45,50,68,72,74,76,82H,13,15,17-26H2,1-11H3,(H,61,77)(H,62,71)(H,63,79)(H,64,78)(H,65,80)(H,66,81)/t31-,35-,36-,37-,38-,39-,40-,42-,45-,50+,60-/m0/s1. The van der Waals surface area contributed by atoms with Gasteiger partial charge in [-0.1, -0.05) is 67.5 Å². The number of carbonyl (C=O) groups excluding carboxylic acids is 10. The number of hydrogen-bond donors (Lipinski definition) is 11. The Morgan fingerprint density at radius 3 is 1.86 bits per heavy atom. The molecule has 2 saturated heterocycles. The summed E-state index contributed by atoms with van der Waals surface area (Å²) < 4.78 is 17.8. The monoisotopic (exact) mass is 1190 g/mol. The predicted molar refractivity (Wildman–Crippen MR) is 305 cm³/mol. The summed E-state index contributed by atoms with van der Waals surface area (Å²) in [6, 6.07) is -2.34.